The highest BCUT2D eigenvalue weighted by Crippen LogP contribution is 1.91. The highest BCUT2D eigenvalue weighted by atomic mass is 16.2. The van der Waals surface area contributed by atoms with Crippen molar-refractivity contribution in [3.8, 4) is 0 Å². The third-order valence-corrected chi connectivity index (χ3v) is 0.936. The summed E-state index contributed by atoms with van der Waals surface area (Å²) in [5.74, 6) is 0. The van der Waals surface area contributed by atoms with Crippen LogP contribution in [0.3, 0.4) is 0 Å². The number of rotatable bonds is 1. The summed E-state index contributed by atoms with van der Waals surface area (Å²) >= 11 is 0. The normalized spacial score (nSPS) is 7.40. The lowest BCUT2D eigenvalue weighted by Gasteiger charge is -1.81. The van der Waals surface area contributed by atoms with E-state index in [2.05, 4.69) is 0 Å². The van der Waals surface area contributed by atoms with Crippen LogP contribution in [0.1, 0.15) is 10.4 Å². The Bertz CT molecular complexity index is 170. The molecular formula is C8H9O2. The van der Waals surface area contributed by atoms with Crippen molar-refractivity contribution in [3.05, 3.63) is 35.9 Å². The van der Waals surface area contributed by atoms with Gasteiger partial charge in [-0.2, -0.15) is 0 Å². The predicted molar refractivity (Wildman–Crippen MR) is 38.4 cm³/mol. The molecule has 0 saturated heterocycles. The van der Waals surface area contributed by atoms with Gasteiger partial charge in [0.25, 0.3) is 0 Å². The molecule has 1 aromatic carbocycles. The summed E-state index contributed by atoms with van der Waals surface area (Å²) in [6.45, 7) is 0. The van der Waals surface area contributed by atoms with E-state index >= 15 is 0 Å². The molecule has 0 aliphatic rings. The van der Waals surface area contributed by atoms with Crippen LogP contribution in [-0.2, 0) is 5.11 Å². The Morgan fingerprint density at radius 2 is 1.60 bits per heavy atom. The first-order valence-electron chi connectivity index (χ1n) is 2.84. The van der Waals surface area contributed by atoms with Crippen LogP contribution in [0, 0.1) is 0 Å². The number of hydrogen-bond donors (Lipinski definition) is 0. The molecule has 1 radical (unpaired) electrons. The zero-order chi connectivity index (χ0) is 7.82. The van der Waals surface area contributed by atoms with Gasteiger partial charge in [-0.15, -0.1) is 0 Å². The molecule has 10 heavy (non-hydrogen) atoms. The van der Waals surface area contributed by atoms with Crippen LogP contribution in [0.4, 0.5) is 0 Å². The van der Waals surface area contributed by atoms with Crippen LogP contribution in [0.25, 0.3) is 0 Å². The van der Waals surface area contributed by atoms with Gasteiger partial charge in [-0.05, 0) is 0 Å². The SMILES string of the molecule is C[O].O=Cc1ccccc1. The van der Waals surface area contributed by atoms with Crippen molar-refractivity contribution in [3.63, 3.8) is 0 Å². The molecule has 2 heteroatoms. The first-order valence-corrected chi connectivity index (χ1v) is 2.84. The Labute approximate surface area is 60.1 Å². The second kappa shape index (κ2) is 5.98. The zero-order valence-corrected chi connectivity index (χ0v) is 5.78. The van der Waals surface area contributed by atoms with Gasteiger partial charge in [0.1, 0.15) is 6.29 Å². The van der Waals surface area contributed by atoms with Gasteiger partial charge in [0, 0.05) is 5.56 Å². The van der Waals surface area contributed by atoms with Crippen LogP contribution in [0.5, 0.6) is 0 Å². The van der Waals surface area contributed by atoms with Gasteiger partial charge in [-0.1, -0.05) is 30.3 Å². The Hall–Kier alpha value is -1.15. The molecule has 0 heterocycles. The average Bonchev–Trinajstić information content (AvgIpc) is 2.10. The van der Waals surface area contributed by atoms with E-state index in [9.17, 15) is 4.79 Å². The van der Waals surface area contributed by atoms with Gasteiger partial charge in [0.05, 0.1) is 7.11 Å². The van der Waals surface area contributed by atoms with Crippen molar-refractivity contribution in [1.29, 1.82) is 0 Å². The molecule has 1 aromatic rings. The summed E-state index contributed by atoms with van der Waals surface area (Å²) in [5.41, 5.74) is 0.729. The zero-order valence-electron chi connectivity index (χ0n) is 5.78. The lowest BCUT2D eigenvalue weighted by molar-refractivity contribution is 0.112. The Balaban J connectivity index is 0.000000371. The Morgan fingerprint density at radius 3 is 1.90 bits per heavy atom. The molecule has 0 amide bonds. The highest BCUT2D eigenvalue weighted by molar-refractivity contribution is 5.74. The van der Waals surface area contributed by atoms with E-state index in [1.807, 2.05) is 18.2 Å². The van der Waals surface area contributed by atoms with Crippen molar-refractivity contribution in [1.82, 2.24) is 0 Å². The molecule has 53 valence electrons. The lowest BCUT2D eigenvalue weighted by Crippen LogP contribution is -1.73. The molecule has 1 rings (SSSR count). The monoisotopic (exact) mass is 137 g/mol. The molecule has 0 fully saturated rings. The minimum atomic E-state index is 0.729. The van der Waals surface area contributed by atoms with Crippen LogP contribution >= 0.6 is 0 Å². The number of carbonyl (C=O) groups excluding carboxylic acids is 1. The average molecular weight is 137 g/mol. The van der Waals surface area contributed by atoms with Gasteiger partial charge in [0.15, 0.2) is 0 Å². The second-order valence-corrected chi connectivity index (χ2v) is 1.53. The Morgan fingerprint density at radius 1 is 1.10 bits per heavy atom. The van der Waals surface area contributed by atoms with Crippen LogP contribution in [0.2, 0.25) is 0 Å². The van der Waals surface area contributed by atoms with E-state index in [1.165, 1.54) is 0 Å². The van der Waals surface area contributed by atoms with Crippen molar-refractivity contribution < 1.29 is 9.90 Å². The molecule has 0 saturated carbocycles. The smallest absolute Gasteiger partial charge is 0.150 e. The summed E-state index contributed by atoms with van der Waals surface area (Å²) in [6, 6.07) is 9.10. The maximum absolute atomic E-state index is 10.0. The van der Waals surface area contributed by atoms with Gasteiger partial charge >= 0.3 is 0 Å². The topological polar surface area (TPSA) is 37.0 Å². The molecule has 0 atom stereocenters. The third-order valence-electron chi connectivity index (χ3n) is 0.936. The van der Waals surface area contributed by atoms with E-state index in [0.717, 1.165) is 19.0 Å². The van der Waals surface area contributed by atoms with Gasteiger partial charge in [-0.3, -0.25) is 4.79 Å². The highest BCUT2D eigenvalue weighted by Gasteiger charge is 1.79. The first kappa shape index (κ1) is 8.85. The molecule has 0 spiro atoms. The van der Waals surface area contributed by atoms with Gasteiger partial charge in [-0.25, -0.2) is 5.11 Å². The van der Waals surface area contributed by atoms with Crippen LogP contribution in [0.15, 0.2) is 30.3 Å². The molecule has 0 bridgehead atoms. The number of aldehydes is 1. The van der Waals surface area contributed by atoms with Gasteiger partial charge < -0.3 is 0 Å². The van der Waals surface area contributed by atoms with Gasteiger partial charge in [0.2, 0.25) is 0 Å². The summed E-state index contributed by atoms with van der Waals surface area (Å²) in [4.78, 5) is 10.0. The number of hydrogen-bond acceptors (Lipinski definition) is 1. The van der Waals surface area contributed by atoms with Crippen molar-refractivity contribution in [2.24, 2.45) is 0 Å². The molecule has 0 N–H and O–H groups in total. The van der Waals surface area contributed by atoms with Crippen LogP contribution < -0.4 is 0 Å². The summed E-state index contributed by atoms with van der Waals surface area (Å²) < 4.78 is 0. The molecule has 2 nitrogen and oxygen atoms in total. The van der Waals surface area contributed by atoms with E-state index < -0.39 is 0 Å². The van der Waals surface area contributed by atoms with Crippen molar-refractivity contribution in [2.75, 3.05) is 7.11 Å². The largest absolute Gasteiger partial charge is 0.298 e. The molecule has 0 aromatic heterocycles. The maximum Gasteiger partial charge on any atom is 0.150 e. The van der Waals surface area contributed by atoms with E-state index in [4.69, 9.17) is 5.11 Å². The van der Waals surface area contributed by atoms with Crippen molar-refractivity contribution >= 4 is 6.29 Å². The maximum atomic E-state index is 10.0. The summed E-state index contributed by atoms with van der Waals surface area (Å²) in [5, 5.41) is 8.25. The first-order chi connectivity index (χ1) is 4.93. The fraction of sp³-hybridized carbons (Fsp3) is 0.125. The van der Waals surface area contributed by atoms with E-state index in [1.54, 1.807) is 12.1 Å². The summed E-state index contributed by atoms with van der Waals surface area (Å²) in [7, 11) is 0.750. The van der Waals surface area contributed by atoms with E-state index in [-0.39, 0.29) is 0 Å². The predicted octanol–water partition coefficient (Wildman–Crippen LogP) is 1.55. The molecular weight excluding hydrogens is 128 g/mol. The Kier molecular flexibility index (Phi) is 5.29. The van der Waals surface area contributed by atoms with Crippen molar-refractivity contribution in [2.45, 2.75) is 0 Å². The molecule has 0 unspecified atom stereocenters. The van der Waals surface area contributed by atoms with Crippen LogP contribution in [-0.4, -0.2) is 13.4 Å². The summed E-state index contributed by atoms with van der Waals surface area (Å²) in [6.07, 6.45) is 0.833. The standard InChI is InChI=1S/C7H6O.CH3O/c8-6-7-4-2-1-3-5-7;1-2/h1-6H;1H3. The molecule has 0 aliphatic heterocycles. The fourth-order valence-corrected chi connectivity index (χ4v) is 0.532. The quantitative estimate of drug-likeness (QED) is 0.541. The fourth-order valence-electron chi connectivity index (χ4n) is 0.532. The third kappa shape index (κ3) is 2.99. The minimum Gasteiger partial charge on any atom is -0.298 e. The van der Waals surface area contributed by atoms with E-state index in [0.29, 0.717) is 0 Å². The molecule has 0 aliphatic carbocycles. The number of carbonyl (C=O) groups is 1. The lowest BCUT2D eigenvalue weighted by atomic mass is 10.2. The second-order valence-electron chi connectivity index (χ2n) is 1.53. The minimum absolute atomic E-state index is 0.729. The number of benzene rings is 1.